The summed E-state index contributed by atoms with van der Waals surface area (Å²) in [5.41, 5.74) is 0. The Balaban J connectivity index is 0. The van der Waals surface area contributed by atoms with Crippen molar-refractivity contribution in [3.8, 4) is 0 Å². The van der Waals surface area contributed by atoms with Crippen molar-refractivity contribution in [1.29, 1.82) is 0 Å². The molecule has 1 unspecified atom stereocenters. The Kier molecular flexibility index (Phi) is 13.9. The van der Waals surface area contributed by atoms with E-state index in [0.717, 1.165) is 17.6 Å². The Hall–Kier alpha value is 0.170. The third-order valence-corrected chi connectivity index (χ3v) is 2.84. The standard InChI is InChI=1S/C14H32NO2.ClH/c1-5-6-7-8-9-10-11-17-13-15(3,4)12-14(2)16;/h14,16H,5-13H2,1-4H3;1H/q+1;/p-1. The van der Waals surface area contributed by atoms with Crippen LogP contribution < -0.4 is 12.4 Å². The Morgan fingerprint density at radius 3 is 2.17 bits per heavy atom. The molecular weight excluding hydrogens is 250 g/mol. The highest BCUT2D eigenvalue weighted by Crippen LogP contribution is 2.06. The summed E-state index contributed by atoms with van der Waals surface area (Å²) in [7, 11) is 4.18. The van der Waals surface area contributed by atoms with E-state index in [1.54, 1.807) is 0 Å². The lowest BCUT2D eigenvalue weighted by Crippen LogP contribution is -3.00. The molecule has 0 radical (unpaired) electrons. The summed E-state index contributed by atoms with van der Waals surface area (Å²) in [6.07, 6.45) is 7.55. The topological polar surface area (TPSA) is 29.5 Å². The van der Waals surface area contributed by atoms with Crippen LogP contribution in [-0.2, 0) is 4.74 Å². The van der Waals surface area contributed by atoms with Crippen LogP contribution in [0.25, 0.3) is 0 Å². The van der Waals surface area contributed by atoms with Gasteiger partial charge in [-0.3, -0.25) is 0 Å². The lowest BCUT2D eigenvalue weighted by Gasteiger charge is -2.30. The van der Waals surface area contributed by atoms with Crippen molar-refractivity contribution < 1.29 is 26.7 Å². The van der Waals surface area contributed by atoms with Gasteiger partial charge >= 0.3 is 0 Å². The SMILES string of the molecule is CCCCCCCCOC[N+](C)(C)CC(C)O.[Cl-]. The van der Waals surface area contributed by atoms with Gasteiger partial charge in [0, 0.05) is 0 Å². The first-order chi connectivity index (χ1) is 7.98. The van der Waals surface area contributed by atoms with E-state index in [4.69, 9.17) is 4.74 Å². The van der Waals surface area contributed by atoms with Crippen molar-refractivity contribution in [3.05, 3.63) is 0 Å². The molecule has 0 aromatic carbocycles. The highest BCUT2D eigenvalue weighted by atomic mass is 35.5. The number of rotatable bonds is 11. The van der Waals surface area contributed by atoms with E-state index in [-0.39, 0.29) is 18.5 Å². The molecule has 1 atom stereocenters. The number of hydrogen-bond donors (Lipinski definition) is 1. The number of aliphatic hydroxyl groups excluding tert-OH is 1. The largest absolute Gasteiger partial charge is 1.00 e. The molecule has 1 N–H and O–H groups in total. The van der Waals surface area contributed by atoms with E-state index in [0.29, 0.717) is 6.73 Å². The predicted molar refractivity (Wildman–Crippen MR) is 72.9 cm³/mol. The third kappa shape index (κ3) is 14.2. The van der Waals surface area contributed by atoms with Crippen molar-refractivity contribution in [1.82, 2.24) is 0 Å². The summed E-state index contributed by atoms with van der Waals surface area (Å²) < 4.78 is 6.40. The minimum Gasteiger partial charge on any atom is -1.00 e. The lowest BCUT2D eigenvalue weighted by atomic mass is 10.1. The Morgan fingerprint density at radius 2 is 1.61 bits per heavy atom. The highest BCUT2D eigenvalue weighted by molar-refractivity contribution is 4.43. The van der Waals surface area contributed by atoms with Crippen LogP contribution in [0.3, 0.4) is 0 Å². The van der Waals surface area contributed by atoms with Crippen LogP contribution in [0.5, 0.6) is 0 Å². The molecule has 0 aliphatic heterocycles. The average molecular weight is 282 g/mol. The molecule has 0 aromatic heterocycles. The maximum Gasteiger partial charge on any atom is 0.182 e. The molecule has 0 bridgehead atoms. The van der Waals surface area contributed by atoms with E-state index >= 15 is 0 Å². The average Bonchev–Trinajstić information content (AvgIpc) is 2.20. The zero-order valence-electron chi connectivity index (χ0n) is 12.6. The summed E-state index contributed by atoms with van der Waals surface area (Å²) in [4.78, 5) is 0. The van der Waals surface area contributed by atoms with Gasteiger partial charge in [0.2, 0.25) is 0 Å². The van der Waals surface area contributed by atoms with Gasteiger partial charge in [0.15, 0.2) is 6.73 Å². The van der Waals surface area contributed by atoms with Gasteiger partial charge in [-0.2, -0.15) is 0 Å². The molecule has 0 amide bonds. The molecule has 18 heavy (non-hydrogen) atoms. The van der Waals surface area contributed by atoms with E-state index in [1.165, 1.54) is 38.5 Å². The summed E-state index contributed by atoms with van der Waals surface area (Å²) >= 11 is 0. The van der Waals surface area contributed by atoms with E-state index in [2.05, 4.69) is 21.0 Å². The fourth-order valence-electron chi connectivity index (χ4n) is 2.06. The lowest BCUT2D eigenvalue weighted by molar-refractivity contribution is -0.912. The second-order valence-electron chi connectivity index (χ2n) is 5.77. The zero-order chi connectivity index (χ0) is 13.1. The van der Waals surface area contributed by atoms with Gasteiger partial charge in [0.25, 0.3) is 0 Å². The van der Waals surface area contributed by atoms with E-state index < -0.39 is 0 Å². The molecule has 3 nitrogen and oxygen atoms in total. The Morgan fingerprint density at radius 1 is 1.06 bits per heavy atom. The van der Waals surface area contributed by atoms with Crippen LogP contribution in [-0.4, -0.2) is 49.7 Å². The summed E-state index contributed by atoms with van der Waals surface area (Å²) in [6.45, 7) is 6.36. The fraction of sp³-hybridized carbons (Fsp3) is 1.00. The molecule has 4 heteroatoms. The summed E-state index contributed by atoms with van der Waals surface area (Å²) in [6, 6.07) is 0. The molecule has 0 aliphatic rings. The number of ether oxygens (including phenoxy) is 1. The number of nitrogens with zero attached hydrogens (tertiary/aromatic N) is 1. The Labute approximate surface area is 120 Å². The normalized spacial score (nSPS) is 13.2. The van der Waals surface area contributed by atoms with Crippen LogP contribution in [0.1, 0.15) is 52.4 Å². The zero-order valence-corrected chi connectivity index (χ0v) is 13.4. The molecular formula is C14H32ClNO2. The van der Waals surface area contributed by atoms with Crippen LogP contribution in [0.15, 0.2) is 0 Å². The van der Waals surface area contributed by atoms with Crippen LogP contribution in [0, 0.1) is 0 Å². The molecule has 0 aliphatic carbocycles. The second-order valence-corrected chi connectivity index (χ2v) is 5.77. The number of quaternary nitrogens is 1. The first-order valence-electron chi connectivity index (χ1n) is 7.06. The molecule has 0 rings (SSSR count). The molecule has 0 heterocycles. The van der Waals surface area contributed by atoms with Gasteiger partial charge in [-0.1, -0.05) is 39.0 Å². The van der Waals surface area contributed by atoms with Crippen molar-refractivity contribution in [2.75, 3.05) is 34.0 Å². The number of hydrogen-bond acceptors (Lipinski definition) is 2. The van der Waals surface area contributed by atoms with Gasteiger partial charge in [-0.15, -0.1) is 0 Å². The van der Waals surface area contributed by atoms with Gasteiger partial charge < -0.3 is 26.7 Å². The maximum atomic E-state index is 9.34. The monoisotopic (exact) mass is 281 g/mol. The number of halogens is 1. The highest BCUT2D eigenvalue weighted by Gasteiger charge is 2.17. The van der Waals surface area contributed by atoms with Crippen LogP contribution in [0.4, 0.5) is 0 Å². The van der Waals surface area contributed by atoms with Crippen molar-refractivity contribution in [3.63, 3.8) is 0 Å². The van der Waals surface area contributed by atoms with Gasteiger partial charge in [-0.05, 0) is 13.3 Å². The predicted octanol–water partition coefficient (Wildman–Crippen LogP) is -0.218. The molecule has 0 spiro atoms. The van der Waals surface area contributed by atoms with Crippen LogP contribution in [0.2, 0.25) is 0 Å². The molecule has 0 fully saturated rings. The maximum absolute atomic E-state index is 9.34. The minimum atomic E-state index is -0.261. The van der Waals surface area contributed by atoms with Gasteiger partial charge in [-0.25, -0.2) is 0 Å². The first-order valence-corrected chi connectivity index (χ1v) is 7.06. The van der Waals surface area contributed by atoms with Gasteiger partial charge in [0.1, 0.15) is 12.6 Å². The smallest absolute Gasteiger partial charge is 0.182 e. The number of aliphatic hydroxyl groups is 1. The van der Waals surface area contributed by atoms with E-state index in [9.17, 15) is 5.11 Å². The van der Waals surface area contributed by atoms with Crippen LogP contribution >= 0.6 is 0 Å². The third-order valence-electron chi connectivity index (χ3n) is 2.84. The quantitative estimate of drug-likeness (QED) is 0.322. The van der Waals surface area contributed by atoms with Crippen molar-refractivity contribution in [2.45, 2.75) is 58.5 Å². The van der Waals surface area contributed by atoms with Crippen molar-refractivity contribution >= 4 is 0 Å². The number of likely N-dealkylation sites (N-methyl/N-ethyl adjacent to an activating group) is 1. The molecule has 0 saturated heterocycles. The molecule has 0 saturated carbocycles. The molecule has 0 aromatic rings. The minimum absolute atomic E-state index is 0. The van der Waals surface area contributed by atoms with Crippen molar-refractivity contribution in [2.24, 2.45) is 0 Å². The van der Waals surface area contributed by atoms with E-state index in [1.807, 2.05) is 6.92 Å². The molecule has 112 valence electrons. The number of unbranched alkanes of at least 4 members (excludes halogenated alkanes) is 5. The first kappa shape index (κ1) is 20.5. The second kappa shape index (κ2) is 12.2. The Bertz CT molecular complexity index is 175. The fourth-order valence-corrected chi connectivity index (χ4v) is 2.06. The summed E-state index contributed by atoms with van der Waals surface area (Å²) in [5, 5.41) is 9.34. The summed E-state index contributed by atoms with van der Waals surface area (Å²) in [5.74, 6) is 0. The van der Waals surface area contributed by atoms with Gasteiger partial charge in [0.05, 0.1) is 20.7 Å².